The van der Waals surface area contributed by atoms with E-state index in [2.05, 4.69) is 0 Å². The Kier molecular flexibility index (Phi) is 4.59. The van der Waals surface area contributed by atoms with Gasteiger partial charge in [0, 0.05) is 0 Å². The number of thioether (sulfide) groups is 1. The summed E-state index contributed by atoms with van der Waals surface area (Å²) in [6, 6.07) is 15.7. The topological polar surface area (TPSA) is 20.3 Å². The predicted molar refractivity (Wildman–Crippen MR) is 96.3 cm³/mol. The van der Waals surface area contributed by atoms with Gasteiger partial charge in [-0.1, -0.05) is 66.4 Å². The Hall–Kier alpha value is -1.98. The number of rotatable bonds is 3. The molecule has 2 nitrogen and oxygen atoms in total. The Labute approximate surface area is 144 Å². The molecule has 23 heavy (non-hydrogen) atoms. The van der Waals surface area contributed by atoms with Gasteiger partial charge in [-0.15, -0.1) is 0 Å². The zero-order valence-electron chi connectivity index (χ0n) is 12.4. The van der Waals surface area contributed by atoms with Gasteiger partial charge >= 0.3 is 0 Å². The maximum Gasteiger partial charge on any atom is 0.266 e. The van der Waals surface area contributed by atoms with Gasteiger partial charge in [0.25, 0.3) is 5.91 Å². The molecule has 0 radical (unpaired) electrons. The summed E-state index contributed by atoms with van der Waals surface area (Å²) in [5, 5.41) is 0. The van der Waals surface area contributed by atoms with Gasteiger partial charge in [0.15, 0.2) is 0 Å². The van der Waals surface area contributed by atoms with Crippen LogP contribution in [0.2, 0.25) is 0 Å². The molecular weight excluding hydrogens is 329 g/mol. The zero-order chi connectivity index (χ0) is 16.4. The second-order valence-electron chi connectivity index (χ2n) is 5.19. The van der Waals surface area contributed by atoms with Crippen molar-refractivity contribution in [2.75, 3.05) is 0 Å². The van der Waals surface area contributed by atoms with Crippen molar-refractivity contribution in [1.82, 2.24) is 4.90 Å². The van der Waals surface area contributed by atoms with Crippen LogP contribution < -0.4 is 0 Å². The van der Waals surface area contributed by atoms with E-state index in [0.717, 1.165) is 11.1 Å². The molecular formula is C18H14FNOS2. The molecule has 0 saturated carbocycles. The van der Waals surface area contributed by atoms with Gasteiger partial charge in [-0.2, -0.15) is 0 Å². The number of amides is 1. The summed E-state index contributed by atoms with van der Waals surface area (Å²) >= 11 is 6.65. The third-order valence-corrected chi connectivity index (χ3v) is 4.99. The fourth-order valence-electron chi connectivity index (χ4n) is 2.40. The van der Waals surface area contributed by atoms with Crippen LogP contribution in [0.3, 0.4) is 0 Å². The average molecular weight is 343 g/mol. The summed E-state index contributed by atoms with van der Waals surface area (Å²) in [5.41, 5.74) is 1.81. The van der Waals surface area contributed by atoms with E-state index in [1.807, 2.05) is 37.3 Å². The Morgan fingerprint density at radius 1 is 1.13 bits per heavy atom. The van der Waals surface area contributed by atoms with Crippen molar-refractivity contribution >= 4 is 40.3 Å². The van der Waals surface area contributed by atoms with Crippen molar-refractivity contribution in [1.29, 1.82) is 0 Å². The molecule has 5 heteroatoms. The van der Waals surface area contributed by atoms with Gasteiger partial charge in [-0.3, -0.25) is 9.69 Å². The van der Waals surface area contributed by atoms with E-state index in [-0.39, 0.29) is 17.8 Å². The highest BCUT2D eigenvalue weighted by Gasteiger charge is 2.35. The van der Waals surface area contributed by atoms with E-state index in [9.17, 15) is 9.18 Å². The van der Waals surface area contributed by atoms with Crippen LogP contribution in [0.4, 0.5) is 4.39 Å². The molecule has 1 heterocycles. The van der Waals surface area contributed by atoms with E-state index in [1.165, 1.54) is 23.9 Å². The van der Waals surface area contributed by atoms with Crippen molar-refractivity contribution < 1.29 is 9.18 Å². The van der Waals surface area contributed by atoms with Gasteiger partial charge in [0.2, 0.25) is 0 Å². The number of halogens is 1. The standard InChI is InChI=1S/C18H14FNOS2/c1-12(14-5-3-2-4-6-14)20-17(21)16(23-18(20)22)11-13-7-9-15(19)10-8-13/h2-12H,1H3/b16-11-. The molecule has 1 unspecified atom stereocenters. The number of benzene rings is 2. The molecule has 1 saturated heterocycles. The fourth-order valence-corrected chi connectivity index (χ4v) is 3.82. The van der Waals surface area contributed by atoms with E-state index in [0.29, 0.717) is 9.23 Å². The summed E-state index contributed by atoms with van der Waals surface area (Å²) in [4.78, 5) is 14.9. The minimum atomic E-state index is -0.299. The lowest BCUT2D eigenvalue weighted by Crippen LogP contribution is -2.30. The van der Waals surface area contributed by atoms with Crippen LogP contribution in [-0.4, -0.2) is 15.1 Å². The summed E-state index contributed by atoms with van der Waals surface area (Å²) in [6.45, 7) is 1.96. The normalized spacial score (nSPS) is 17.8. The van der Waals surface area contributed by atoms with E-state index < -0.39 is 0 Å². The van der Waals surface area contributed by atoms with Crippen LogP contribution in [0.1, 0.15) is 24.1 Å². The van der Waals surface area contributed by atoms with Crippen molar-refractivity contribution in [3.05, 3.63) is 76.4 Å². The summed E-state index contributed by atoms with van der Waals surface area (Å²) < 4.78 is 13.5. The van der Waals surface area contributed by atoms with Gasteiger partial charge in [-0.05, 0) is 36.3 Å². The van der Waals surface area contributed by atoms with Gasteiger partial charge in [-0.25, -0.2) is 4.39 Å². The zero-order valence-corrected chi connectivity index (χ0v) is 14.0. The highest BCUT2D eigenvalue weighted by Crippen LogP contribution is 2.37. The summed E-state index contributed by atoms with van der Waals surface area (Å²) in [6.07, 6.45) is 1.75. The first-order valence-corrected chi connectivity index (χ1v) is 8.36. The number of carbonyl (C=O) groups excluding carboxylic acids is 1. The number of thiocarbonyl (C=S) groups is 1. The first kappa shape index (κ1) is 15.9. The third-order valence-electron chi connectivity index (χ3n) is 3.66. The number of hydrogen-bond donors (Lipinski definition) is 0. The molecule has 0 N–H and O–H groups in total. The Balaban J connectivity index is 1.86. The lowest BCUT2D eigenvalue weighted by atomic mass is 10.1. The van der Waals surface area contributed by atoms with Crippen molar-refractivity contribution in [2.45, 2.75) is 13.0 Å². The highest BCUT2D eigenvalue weighted by atomic mass is 32.2. The molecule has 0 aromatic heterocycles. The molecule has 2 aromatic carbocycles. The smallest absolute Gasteiger partial charge is 0.266 e. The molecule has 0 aliphatic carbocycles. The molecule has 1 amide bonds. The minimum absolute atomic E-state index is 0.110. The molecule has 1 aliphatic heterocycles. The maximum atomic E-state index is 13.0. The van der Waals surface area contributed by atoms with E-state index in [1.54, 1.807) is 23.1 Å². The van der Waals surface area contributed by atoms with Gasteiger partial charge in [0.1, 0.15) is 10.1 Å². The molecule has 1 aliphatic rings. The maximum absolute atomic E-state index is 13.0. The quantitative estimate of drug-likeness (QED) is 0.590. The molecule has 0 bridgehead atoms. The van der Waals surface area contributed by atoms with E-state index >= 15 is 0 Å². The lowest BCUT2D eigenvalue weighted by Gasteiger charge is -2.23. The number of carbonyl (C=O) groups is 1. The first-order valence-electron chi connectivity index (χ1n) is 7.14. The number of nitrogens with zero attached hydrogens (tertiary/aromatic N) is 1. The predicted octanol–water partition coefficient (Wildman–Crippen LogP) is 4.79. The largest absolute Gasteiger partial charge is 0.286 e. The minimum Gasteiger partial charge on any atom is -0.286 e. The van der Waals surface area contributed by atoms with Crippen LogP contribution >= 0.6 is 24.0 Å². The fraction of sp³-hybridized carbons (Fsp3) is 0.111. The molecule has 1 fully saturated rings. The third kappa shape index (κ3) is 3.35. The Morgan fingerprint density at radius 3 is 2.43 bits per heavy atom. The monoisotopic (exact) mass is 343 g/mol. The molecule has 1 atom stereocenters. The van der Waals surface area contributed by atoms with Gasteiger partial charge < -0.3 is 0 Å². The van der Waals surface area contributed by atoms with E-state index in [4.69, 9.17) is 12.2 Å². The van der Waals surface area contributed by atoms with Crippen molar-refractivity contribution in [2.24, 2.45) is 0 Å². The lowest BCUT2D eigenvalue weighted by molar-refractivity contribution is -0.123. The second-order valence-corrected chi connectivity index (χ2v) is 6.87. The molecule has 116 valence electrons. The average Bonchev–Trinajstić information content (AvgIpc) is 2.84. The van der Waals surface area contributed by atoms with Crippen LogP contribution in [0.5, 0.6) is 0 Å². The summed E-state index contributed by atoms with van der Waals surface area (Å²) in [5.74, 6) is -0.409. The van der Waals surface area contributed by atoms with Crippen molar-refractivity contribution in [3.8, 4) is 0 Å². The van der Waals surface area contributed by atoms with Crippen LogP contribution in [0, 0.1) is 5.82 Å². The first-order chi connectivity index (χ1) is 11.1. The second kappa shape index (κ2) is 6.64. The van der Waals surface area contributed by atoms with Gasteiger partial charge in [0.05, 0.1) is 10.9 Å². The molecule has 0 spiro atoms. The number of hydrogen-bond acceptors (Lipinski definition) is 3. The van der Waals surface area contributed by atoms with Crippen LogP contribution in [-0.2, 0) is 4.79 Å². The Bertz CT molecular complexity index is 771. The van der Waals surface area contributed by atoms with Crippen molar-refractivity contribution in [3.63, 3.8) is 0 Å². The van der Waals surface area contributed by atoms with Crippen LogP contribution in [0.15, 0.2) is 59.5 Å². The molecule has 2 aromatic rings. The highest BCUT2D eigenvalue weighted by molar-refractivity contribution is 8.26. The molecule has 3 rings (SSSR count). The Morgan fingerprint density at radius 2 is 1.78 bits per heavy atom. The summed E-state index contributed by atoms with van der Waals surface area (Å²) in [7, 11) is 0. The van der Waals surface area contributed by atoms with Crippen LogP contribution in [0.25, 0.3) is 6.08 Å². The SMILES string of the molecule is CC(c1ccccc1)N1C(=O)/C(=C/c2ccc(F)cc2)SC1=S.